The van der Waals surface area contributed by atoms with Crippen molar-refractivity contribution in [2.45, 2.75) is 4.90 Å². The van der Waals surface area contributed by atoms with Crippen LogP contribution in [0.5, 0.6) is 0 Å². The van der Waals surface area contributed by atoms with Crippen molar-refractivity contribution in [1.29, 1.82) is 0 Å². The highest BCUT2D eigenvalue weighted by Crippen LogP contribution is 2.27. The average Bonchev–Trinajstić information content (AvgIpc) is 2.75. The number of nitrogens with two attached hydrogens (primary N) is 1. The largest absolute Gasteiger partial charge is 0.398 e. The number of nitrogen functional groups attached to an aromatic ring is 1. The first-order valence-electron chi connectivity index (χ1n) is 4.57. The fourth-order valence-electron chi connectivity index (χ4n) is 1.24. The van der Waals surface area contributed by atoms with E-state index in [0.717, 1.165) is 18.4 Å². The van der Waals surface area contributed by atoms with Crippen LogP contribution >= 0.6 is 15.9 Å². The van der Waals surface area contributed by atoms with E-state index in [2.05, 4.69) is 30.3 Å². The van der Waals surface area contributed by atoms with Gasteiger partial charge in [-0.2, -0.15) is 0 Å². The molecule has 0 saturated carbocycles. The van der Waals surface area contributed by atoms with E-state index in [1.54, 1.807) is 0 Å². The molecule has 96 valence electrons. The number of rotatable bonds is 3. The Hall–Kier alpha value is -1.61. The Kier molecular flexibility index (Phi) is 3.26. The molecule has 0 atom stereocenters. The van der Waals surface area contributed by atoms with Gasteiger partial charge < -0.3 is 10.3 Å². The van der Waals surface area contributed by atoms with Crippen molar-refractivity contribution in [2.75, 3.05) is 10.5 Å². The summed E-state index contributed by atoms with van der Waals surface area (Å²) in [6.07, 6.45) is 2.30. The van der Waals surface area contributed by atoms with Crippen LogP contribution in [0.3, 0.4) is 0 Å². The Labute approximate surface area is 110 Å². The molecule has 0 aliphatic rings. The molecule has 18 heavy (non-hydrogen) atoms. The minimum Gasteiger partial charge on any atom is -0.398 e. The molecular formula is C9H7BrFN3O3S. The SMILES string of the molecule is Nc1cc(F)c(Br)cc1S(=O)(=O)Nc1cnoc1. The average molecular weight is 336 g/mol. The zero-order chi connectivity index (χ0) is 13.3. The molecule has 6 nitrogen and oxygen atoms in total. The third-order valence-corrected chi connectivity index (χ3v) is 4.07. The molecule has 3 N–H and O–H groups in total. The maximum Gasteiger partial charge on any atom is 0.264 e. The lowest BCUT2D eigenvalue weighted by Crippen LogP contribution is -2.14. The molecule has 0 amide bonds. The van der Waals surface area contributed by atoms with Crippen LogP contribution in [-0.4, -0.2) is 13.6 Å². The first-order chi connectivity index (χ1) is 8.40. The van der Waals surface area contributed by atoms with E-state index in [1.165, 1.54) is 6.20 Å². The first-order valence-corrected chi connectivity index (χ1v) is 6.84. The zero-order valence-corrected chi connectivity index (χ0v) is 11.1. The third-order valence-electron chi connectivity index (χ3n) is 2.03. The molecular weight excluding hydrogens is 329 g/mol. The van der Waals surface area contributed by atoms with Gasteiger partial charge in [-0.15, -0.1) is 0 Å². The van der Waals surface area contributed by atoms with Gasteiger partial charge in [-0.25, -0.2) is 12.8 Å². The van der Waals surface area contributed by atoms with Crippen molar-refractivity contribution in [3.05, 3.63) is 34.9 Å². The van der Waals surface area contributed by atoms with E-state index >= 15 is 0 Å². The third kappa shape index (κ3) is 2.46. The summed E-state index contributed by atoms with van der Waals surface area (Å²) in [5.74, 6) is -0.642. The van der Waals surface area contributed by atoms with Crippen molar-refractivity contribution in [2.24, 2.45) is 0 Å². The number of hydrogen-bond acceptors (Lipinski definition) is 5. The summed E-state index contributed by atoms with van der Waals surface area (Å²) in [5.41, 5.74) is 5.44. The Morgan fingerprint density at radius 2 is 2.17 bits per heavy atom. The molecule has 0 aliphatic carbocycles. The highest BCUT2D eigenvalue weighted by Gasteiger charge is 2.20. The van der Waals surface area contributed by atoms with Crippen LogP contribution in [0.4, 0.5) is 15.8 Å². The topological polar surface area (TPSA) is 98.2 Å². The number of nitrogens with one attached hydrogen (secondary N) is 1. The van der Waals surface area contributed by atoms with Crippen LogP contribution in [0.15, 0.2) is 38.5 Å². The molecule has 0 radical (unpaired) electrons. The van der Waals surface area contributed by atoms with Crippen LogP contribution in [0.1, 0.15) is 0 Å². The van der Waals surface area contributed by atoms with Crippen molar-refractivity contribution in [1.82, 2.24) is 5.16 Å². The molecule has 2 rings (SSSR count). The Morgan fingerprint density at radius 3 is 2.78 bits per heavy atom. The maximum atomic E-state index is 13.2. The zero-order valence-electron chi connectivity index (χ0n) is 8.72. The van der Waals surface area contributed by atoms with Gasteiger partial charge in [0.2, 0.25) is 0 Å². The Balaban J connectivity index is 2.44. The van der Waals surface area contributed by atoms with E-state index in [1.807, 2.05) is 0 Å². The second-order valence-corrected chi connectivity index (χ2v) is 5.83. The summed E-state index contributed by atoms with van der Waals surface area (Å²) in [6, 6.07) is 2.01. The van der Waals surface area contributed by atoms with Crippen LogP contribution < -0.4 is 10.5 Å². The van der Waals surface area contributed by atoms with E-state index in [-0.39, 0.29) is 20.7 Å². The Bertz CT molecular complexity index is 673. The van der Waals surface area contributed by atoms with E-state index in [4.69, 9.17) is 5.73 Å². The number of halogens is 2. The lowest BCUT2D eigenvalue weighted by atomic mass is 10.3. The lowest BCUT2D eigenvalue weighted by molar-refractivity contribution is 0.420. The van der Waals surface area contributed by atoms with Gasteiger partial charge in [0, 0.05) is 0 Å². The van der Waals surface area contributed by atoms with Crippen molar-refractivity contribution < 1.29 is 17.3 Å². The van der Waals surface area contributed by atoms with Crippen molar-refractivity contribution in [3.63, 3.8) is 0 Å². The van der Waals surface area contributed by atoms with Gasteiger partial charge in [0.15, 0.2) is 0 Å². The minimum absolute atomic E-state index is 0.00222. The van der Waals surface area contributed by atoms with Gasteiger partial charge in [-0.1, -0.05) is 5.16 Å². The molecule has 1 aromatic carbocycles. The number of benzene rings is 1. The first kappa shape index (κ1) is 12.8. The van der Waals surface area contributed by atoms with Crippen LogP contribution in [0.25, 0.3) is 0 Å². The number of hydrogen-bond donors (Lipinski definition) is 2. The van der Waals surface area contributed by atoms with E-state index in [0.29, 0.717) is 0 Å². The standard InChI is InChI=1S/C9H7BrFN3O3S/c10-6-1-9(8(12)2-7(6)11)18(15,16)14-5-3-13-17-4-5/h1-4,14H,12H2. The maximum absolute atomic E-state index is 13.2. The van der Waals surface area contributed by atoms with Crippen LogP contribution in [-0.2, 0) is 10.0 Å². The number of nitrogens with zero attached hydrogens (tertiary/aromatic N) is 1. The Morgan fingerprint density at radius 1 is 1.44 bits per heavy atom. The summed E-state index contributed by atoms with van der Waals surface area (Å²) in [6.45, 7) is 0. The smallest absolute Gasteiger partial charge is 0.264 e. The summed E-state index contributed by atoms with van der Waals surface area (Å²) in [5, 5.41) is 3.35. The van der Waals surface area contributed by atoms with E-state index in [9.17, 15) is 12.8 Å². The van der Waals surface area contributed by atoms with Gasteiger partial charge >= 0.3 is 0 Å². The normalized spacial score (nSPS) is 11.4. The van der Waals surface area contributed by atoms with Gasteiger partial charge in [0.1, 0.15) is 22.7 Å². The fraction of sp³-hybridized carbons (Fsp3) is 0. The molecule has 0 aliphatic heterocycles. The lowest BCUT2D eigenvalue weighted by Gasteiger charge is -2.09. The summed E-state index contributed by atoms with van der Waals surface area (Å²) in [7, 11) is -3.92. The predicted molar refractivity (Wildman–Crippen MR) is 65.8 cm³/mol. The number of anilines is 2. The van der Waals surface area contributed by atoms with Gasteiger partial charge in [-0.3, -0.25) is 4.72 Å². The van der Waals surface area contributed by atoms with Gasteiger partial charge in [-0.05, 0) is 28.1 Å². The molecule has 0 fully saturated rings. The minimum atomic E-state index is -3.92. The molecule has 1 aromatic heterocycles. The number of sulfonamides is 1. The highest BCUT2D eigenvalue weighted by atomic mass is 79.9. The van der Waals surface area contributed by atoms with Crippen molar-refractivity contribution >= 4 is 37.3 Å². The van der Waals surface area contributed by atoms with Crippen LogP contribution in [0, 0.1) is 5.82 Å². The number of aromatic nitrogens is 1. The predicted octanol–water partition coefficient (Wildman–Crippen LogP) is 1.96. The van der Waals surface area contributed by atoms with Gasteiger partial charge in [0.05, 0.1) is 16.4 Å². The monoisotopic (exact) mass is 335 g/mol. The summed E-state index contributed by atoms with van der Waals surface area (Å²) < 4.78 is 43.8. The van der Waals surface area contributed by atoms with Crippen molar-refractivity contribution in [3.8, 4) is 0 Å². The highest BCUT2D eigenvalue weighted by molar-refractivity contribution is 9.10. The molecule has 9 heteroatoms. The van der Waals surface area contributed by atoms with E-state index < -0.39 is 15.8 Å². The van der Waals surface area contributed by atoms with Crippen LogP contribution in [0.2, 0.25) is 0 Å². The molecule has 0 saturated heterocycles. The molecule has 2 aromatic rings. The quantitative estimate of drug-likeness (QED) is 0.835. The van der Waals surface area contributed by atoms with Gasteiger partial charge in [0.25, 0.3) is 10.0 Å². The fourth-order valence-corrected chi connectivity index (χ4v) is 2.90. The summed E-state index contributed by atoms with van der Waals surface area (Å²) >= 11 is 2.90. The molecule has 0 unspecified atom stereocenters. The molecule has 1 heterocycles. The second kappa shape index (κ2) is 4.58. The molecule has 0 spiro atoms. The molecule has 0 bridgehead atoms. The second-order valence-electron chi connectivity index (χ2n) is 3.32. The summed E-state index contributed by atoms with van der Waals surface area (Å²) in [4.78, 5) is -0.239.